The first-order valence-corrected chi connectivity index (χ1v) is 3.43. The molecule has 1 nitrogen and oxygen atoms in total. The molecule has 0 N–H and O–H groups in total. The van der Waals surface area contributed by atoms with Crippen LogP contribution in [0.5, 0.6) is 0 Å². The lowest BCUT2D eigenvalue weighted by atomic mass is 10.1. The lowest BCUT2D eigenvalue weighted by Gasteiger charge is -2.02. The van der Waals surface area contributed by atoms with E-state index in [1.165, 1.54) is 6.42 Å². The Morgan fingerprint density at radius 2 is 2.22 bits per heavy atom. The minimum absolute atomic E-state index is 0.643. The highest BCUT2D eigenvalue weighted by molar-refractivity contribution is 4.90. The summed E-state index contributed by atoms with van der Waals surface area (Å²) in [7, 11) is 1.70. The molecular formula is C8H16O. The summed E-state index contributed by atoms with van der Waals surface area (Å²) >= 11 is 0. The first-order valence-electron chi connectivity index (χ1n) is 3.43. The van der Waals surface area contributed by atoms with E-state index < -0.39 is 0 Å². The largest absolute Gasteiger partial charge is 0.502 e. The topological polar surface area (TPSA) is 9.23 Å². The van der Waals surface area contributed by atoms with Gasteiger partial charge in [0.05, 0.1) is 12.9 Å². The maximum Gasteiger partial charge on any atom is 0.0887 e. The maximum absolute atomic E-state index is 4.98. The number of methoxy groups -OCH3 is 1. The van der Waals surface area contributed by atoms with E-state index in [0.29, 0.717) is 5.92 Å². The molecule has 0 aliphatic rings. The molecule has 0 fully saturated rings. The van der Waals surface area contributed by atoms with Crippen molar-refractivity contribution in [2.45, 2.75) is 27.2 Å². The molecule has 0 aromatic carbocycles. The summed E-state index contributed by atoms with van der Waals surface area (Å²) in [4.78, 5) is 0. The van der Waals surface area contributed by atoms with Gasteiger partial charge in [-0.05, 0) is 25.3 Å². The summed E-state index contributed by atoms with van der Waals surface area (Å²) in [6, 6.07) is 0. The quantitative estimate of drug-likeness (QED) is 0.531. The van der Waals surface area contributed by atoms with Crippen molar-refractivity contribution in [1.29, 1.82) is 0 Å². The summed E-state index contributed by atoms with van der Waals surface area (Å²) in [6.45, 7) is 6.33. The van der Waals surface area contributed by atoms with Gasteiger partial charge >= 0.3 is 0 Å². The molecular weight excluding hydrogens is 112 g/mol. The van der Waals surface area contributed by atoms with Gasteiger partial charge in [0.15, 0.2) is 0 Å². The van der Waals surface area contributed by atoms with Crippen molar-refractivity contribution < 1.29 is 4.74 Å². The third kappa shape index (κ3) is 4.07. The molecule has 54 valence electrons. The molecule has 0 heterocycles. The second-order valence-electron chi connectivity index (χ2n) is 2.37. The van der Waals surface area contributed by atoms with Gasteiger partial charge < -0.3 is 4.74 Å². The second kappa shape index (κ2) is 4.42. The molecule has 0 aliphatic carbocycles. The molecule has 0 saturated heterocycles. The van der Waals surface area contributed by atoms with E-state index >= 15 is 0 Å². The Balaban J connectivity index is 3.64. The van der Waals surface area contributed by atoms with Crippen molar-refractivity contribution in [2.24, 2.45) is 5.92 Å². The number of hydrogen-bond donors (Lipinski definition) is 0. The SMILES string of the molecule is CCC(C)/C=C(/C)OC. The molecule has 0 saturated carbocycles. The molecule has 1 heteroatoms. The predicted molar refractivity (Wildman–Crippen MR) is 40.2 cm³/mol. The van der Waals surface area contributed by atoms with Gasteiger partial charge in [-0.3, -0.25) is 0 Å². The fourth-order valence-corrected chi connectivity index (χ4v) is 0.587. The highest BCUT2D eigenvalue weighted by atomic mass is 16.5. The molecule has 0 bridgehead atoms. The molecule has 0 aromatic rings. The summed E-state index contributed by atoms with van der Waals surface area (Å²) in [5, 5.41) is 0. The molecule has 1 unspecified atom stereocenters. The Labute approximate surface area is 57.7 Å². The minimum Gasteiger partial charge on any atom is -0.502 e. The van der Waals surface area contributed by atoms with Crippen LogP contribution in [-0.4, -0.2) is 7.11 Å². The summed E-state index contributed by atoms with van der Waals surface area (Å²) in [6.07, 6.45) is 3.32. The molecule has 0 aromatic heterocycles. The third-order valence-corrected chi connectivity index (χ3v) is 1.49. The zero-order chi connectivity index (χ0) is 7.28. The van der Waals surface area contributed by atoms with E-state index in [0.717, 1.165) is 5.76 Å². The molecule has 0 amide bonds. The van der Waals surface area contributed by atoms with E-state index in [1.54, 1.807) is 7.11 Å². The second-order valence-corrected chi connectivity index (χ2v) is 2.37. The van der Waals surface area contributed by atoms with E-state index in [-0.39, 0.29) is 0 Å². The molecule has 0 spiro atoms. The zero-order valence-corrected chi connectivity index (χ0v) is 6.77. The molecule has 0 radical (unpaired) electrons. The Hall–Kier alpha value is -0.460. The summed E-state index contributed by atoms with van der Waals surface area (Å²) < 4.78 is 4.98. The van der Waals surface area contributed by atoms with Crippen LogP contribution in [0.3, 0.4) is 0 Å². The highest BCUT2D eigenvalue weighted by Gasteiger charge is 1.92. The minimum atomic E-state index is 0.643. The van der Waals surface area contributed by atoms with Crippen molar-refractivity contribution in [3.8, 4) is 0 Å². The molecule has 0 rings (SSSR count). The monoisotopic (exact) mass is 128 g/mol. The fourth-order valence-electron chi connectivity index (χ4n) is 0.587. The van der Waals surface area contributed by atoms with Crippen molar-refractivity contribution in [2.75, 3.05) is 7.11 Å². The number of rotatable bonds is 3. The highest BCUT2D eigenvalue weighted by Crippen LogP contribution is 2.05. The van der Waals surface area contributed by atoms with E-state index in [1.807, 2.05) is 6.92 Å². The van der Waals surface area contributed by atoms with Gasteiger partial charge in [0.1, 0.15) is 0 Å². The Morgan fingerprint density at radius 3 is 2.56 bits per heavy atom. The summed E-state index contributed by atoms with van der Waals surface area (Å²) in [5.41, 5.74) is 0. The Bertz CT molecular complexity index is 94.7. The van der Waals surface area contributed by atoms with Gasteiger partial charge in [-0.25, -0.2) is 0 Å². The molecule has 9 heavy (non-hydrogen) atoms. The maximum atomic E-state index is 4.98. The van der Waals surface area contributed by atoms with Crippen LogP contribution in [0.1, 0.15) is 27.2 Å². The third-order valence-electron chi connectivity index (χ3n) is 1.49. The van der Waals surface area contributed by atoms with Crippen molar-refractivity contribution >= 4 is 0 Å². The lowest BCUT2D eigenvalue weighted by molar-refractivity contribution is 0.289. The van der Waals surface area contributed by atoms with Crippen LogP contribution < -0.4 is 0 Å². The van der Waals surface area contributed by atoms with Gasteiger partial charge in [-0.1, -0.05) is 13.8 Å². The molecule has 1 atom stereocenters. The van der Waals surface area contributed by atoms with Crippen LogP contribution in [0.25, 0.3) is 0 Å². The summed E-state index contributed by atoms with van der Waals surface area (Å²) in [5.74, 6) is 1.66. The van der Waals surface area contributed by atoms with Crippen LogP contribution in [0, 0.1) is 5.92 Å². The number of allylic oxidation sites excluding steroid dienone is 2. The average Bonchev–Trinajstić information content (AvgIpc) is 1.87. The predicted octanol–water partition coefficient (Wildman–Crippen LogP) is 2.58. The Kier molecular flexibility index (Phi) is 4.20. The first kappa shape index (κ1) is 8.54. The van der Waals surface area contributed by atoms with Gasteiger partial charge in [-0.2, -0.15) is 0 Å². The van der Waals surface area contributed by atoms with Crippen molar-refractivity contribution in [1.82, 2.24) is 0 Å². The lowest BCUT2D eigenvalue weighted by Crippen LogP contribution is -1.88. The van der Waals surface area contributed by atoms with Crippen molar-refractivity contribution in [3.63, 3.8) is 0 Å². The van der Waals surface area contributed by atoms with Gasteiger partial charge in [0, 0.05) is 0 Å². The molecule has 0 aliphatic heterocycles. The normalized spacial score (nSPS) is 15.3. The smallest absolute Gasteiger partial charge is 0.0887 e. The van der Waals surface area contributed by atoms with E-state index in [9.17, 15) is 0 Å². The first-order chi connectivity index (χ1) is 4.20. The standard InChI is InChI=1S/C8H16O/c1-5-7(2)6-8(3)9-4/h6-7H,5H2,1-4H3/b8-6-. The van der Waals surface area contributed by atoms with Crippen LogP contribution in [-0.2, 0) is 4.74 Å². The van der Waals surface area contributed by atoms with Crippen molar-refractivity contribution in [3.05, 3.63) is 11.8 Å². The number of hydrogen-bond acceptors (Lipinski definition) is 1. The van der Waals surface area contributed by atoms with Gasteiger partial charge in [0.25, 0.3) is 0 Å². The fraction of sp³-hybridized carbons (Fsp3) is 0.750. The van der Waals surface area contributed by atoms with E-state index in [4.69, 9.17) is 4.74 Å². The van der Waals surface area contributed by atoms with Crippen LogP contribution >= 0.6 is 0 Å². The Morgan fingerprint density at radius 1 is 1.67 bits per heavy atom. The van der Waals surface area contributed by atoms with Crippen LogP contribution in [0.2, 0.25) is 0 Å². The van der Waals surface area contributed by atoms with E-state index in [2.05, 4.69) is 19.9 Å². The van der Waals surface area contributed by atoms with Gasteiger partial charge in [0.2, 0.25) is 0 Å². The van der Waals surface area contributed by atoms with Gasteiger partial charge in [-0.15, -0.1) is 0 Å². The van der Waals surface area contributed by atoms with Crippen LogP contribution in [0.4, 0.5) is 0 Å². The number of ether oxygens (including phenoxy) is 1. The zero-order valence-electron chi connectivity index (χ0n) is 6.77. The van der Waals surface area contributed by atoms with Crippen LogP contribution in [0.15, 0.2) is 11.8 Å². The average molecular weight is 128 g/mol.